The van der Waals surface area contributed by atoms with Crippen molar-refractivity contribution in [2.75, 3.05) is 18.1 Å². The molecule has 0 bridgehead atoms. The summed E-state index contributed by atoms with van der Waals surface area (Å²) in [6.45, 7) is 0.832. The first kappa shape index (κ1) is 13.1. The number of hydrogen-bond donors (Lipinski definition) is 1. The van der Waals surface area contributed by atoms with Gasteiger partial charge in [0.1, 0.15) is 0 Å². The summed E-state index contributed by atoms with van der Waals surface area (Å²) in [5.74, 6) is 5.97. The summed E-state index contributed by atoms with van der Waals surface area (Å²) in [6, 6.07) is 0. The molecule has 1 aliphatic rings. The summed E-state index contributed by atoms with van der Waals surface area (Å²) < 4.78 is 0. The van der Waals surface area contributed by atoms with Gasteiger partial charge in [0.05, 0.1) is 17.7 Å². The number of carbonyl (C=O) groups excluding carboxylic acids is 1. The Hall–Kier alpha value is -1.38. The molecule has 2 rings (SSSR count). The predicted molar refractivity (Wildman–Crippen MR) is 71.5 cm³/mol. The van der Waals surface area contributed by atoms with Gasteiger partial charge in [-0.2, -0.15) is 0 Å². The van der Waals surface area contributed by atoms with Gasteiger partial charge in [-0.25, -0.2) is 4.98 Å². The molecule has 1 aliphatic heterocycles. The fraction of sp³-hybridized carbons (Fsp3) is 0.538. The quantitative estimate of drug-likeness (QED) is 0.828. The fourth-order valence-corrected chi connectivity index (χ4v) is 2.67. The number of thiazole rings is 1. The van der Waals surface area contributed by atoms with Crippen LogP contribution in [0.3, 0.4) is 0 Å². The molecule has 96 valence electrons. The second-order valence-corrected chi connectivity index (χ2v) is 5.15. The maximum absolute atomic E-state index is 11.9. The molecule has 0 aliphatic carbocycles. The van der Waals surface area contributed by atoms with Crippen molar-refractivity contribution >= 4 is 22.4 Å². The monoisotopic (exact) mass is 264 g/mol. The first-order valence-corrected chi connectivity index (χ1v) is 6.99. The molecule has 2 heterocycles. The number of amides is 1. The molecule has 0 atom stereocenters. The van der Waals surface area contributed by atoms with Crippen LogP contribution in [0, 0.1) is 11.8 Å². The highest BCUT2D eigenvalue weighted by atomic mass is 32.1. The second kappa shape index (κ2) is 6.53. The fourth-order valence-electron chi connectivity index (χ4n) is 1.84. The Morgan fingerprint density at radius 3 is 3.17 bits per heavy atom. The summed E-state index contributed by atoms with van der Waals surface area (Å²) in [5.41, 5.74) is 0. The van der Waals surface area contributed by atoms with Crippen molar-refractivity contribution in [3.63, 3.8) is 0 Å². The Balaban J connectivity index is 2.09. The van der Waals surface area contributed by atoms with Crippen LogP contribution in [0.25, 0.3) is 0 Å². The van der Waals surface area contributed by atoms with E-state index in [9.17, 15) is 4.79 Å². The molecule has 4 nitrogen and oxygen atoms in total. The zero-order valence-electron chi connectivity index (χ0n) is 10.2. The molecular formula is C13H16N2O2S. The minimum Gasteiger partial charge on any atom is -0.395 e. The third kappa shape index (κ3) is 3.31. The Kier molecular flexibility index (Phi) is 4.73. The van der Waals surface area contributed by atoms with E-state index in [1.54, 1.807) is 11.1 Å². The van der Waals surface area contributed by atoms with Crippen molar-refractivity contribution in [1.29, 1.82) is 0 Å². The largest absolute Gasteiger partial charge is 0.395 e. The Morgan fingerprint density at radius 1 is 1.44 bits per heavy atom. The van der Waals surface area contributed by atoms with Crippen LogP contribution in [0.5, 0.6) is 0 Å². The lowest BCUT2D eigenvalue weighted by atomic mass is 10.2. The maximum atomic E-state index is 11.9. The first-order valence-electron chi connectivity index (χ1n) is 6.17. The van der Waals surface area contributed by atoms with E-state index in [0.29, 0.717) is 12.8 Å². The number of aliphatic hydroxyl groups is 1. The molecule has 0 aromatic carbocycles. The van der Waals surface area contributed by atoms with Gasteiger partial charge in [0.15, 0.2) is 5.13 Å². The van der Waals surface area contributed by atoms with Gasteiger partial charge in [-0.1, -0.05) is 29.6 Å². The molecule has 0 saturated carbocycles. The molecule has 1 N–H and O–H groups in total. The van der Waals surface area contributed by atoms with Gasteiger partial charge in [-0.15, -0.1) is 0 Å². The SMILES string of the molecule is O=C1CCCCCN1c1ncc(C#CCCO)s1. The highest BCUT2D eigenvalue weighted by molar-refractivity contribution is 7.16. The maximum Gasteiger partial charge on any atom is 0.228 e. The first-order chi connectivity index (χ1) is 8.81. The Labute approximate surface area is 111 Å². The molecule has 1 aromatic heterocycles. The van der Waals surface area contributed by atoms with Crippen molar-refractivity contribution in [2.45, 2.75) is 32.1 Å². The molecule has 1 fully saturated rings. The molecular weight excluding hydrogens is 248 g/mol. The van der Waals surface area contributed by atoms with Crippen LogP contribution in [-0.4, -0.2) is 29.1 Å². The number of aliphatic hydroxyl groups excluding tert-OH is 1. The number of anilines is 1. The lowest BCUT2D eigenvalue weighted by Crippen LogP contribution is -2.29. The summed E-state index contributed by atoms with van der Waals surface area (Å²) >= 11 is 1.44. The average molecular weight is 264 g/mol. The van der Waals surface area contributed by atoms with Gasteiger partial charge < -0.3 is 5.11 Å². The van der Waals surface area contributed by atoms with E-state index in [2.05, 4.69) is 16.8 Å². The van der Waals surface area contributed by atoms with E-state index in [4.69, 9.17) is 5.11 Å². The standard InChI is InChI=1S/C13H16N2O2S/c16-9-5-3-6-11-10-14-13(18-11)15-8-4-1-2-7-12(15)17/h10,16H,1-2,4-5,7-9H2. The lowest BCUT2D eigenvalue weighted by molar-refractivity contribution is -0.118. The molecule has 0 unspecified atom stereocenters. The van der Waals surface area contributed by atoms with E-state index in [1.165, 1.54) is 11.3 Å². The third-order valence-electron chi connectivity index (χ3n) is 2.75. The molecule has 0 spiro atoms. The van der Waals surface area contributed by atoms with Crippen LogP contribution in [-0.2, 0) is 4.79 Å². The van der Waals surface area contributed by atoms with Crippen molar-refractivity contribution < 1.29 is 9.90 Å². The molecule has 18 heavy (non-hydrogen) atoms. The number of nitrogens with zero attached hydrogens (tertiary/aromatic N) is 2. The van der Waals surface area contributed by atoms with Crippen LogP contribution in [0.1, 0.15) is 37.0 Å². The van der Waals surface area contributed by atoms with E-state index >= 15 is 0 Å². The molecule has 5 heteroatoms. The summed E-state index contributed by atoms with van der Waals surface area (Å²) in [7, 11) is 0. The average Bonchev–Trinajstić information content (AvgIpc) is 2.72. The lowest BCUT2D eigenvalue weighted by Gasteiger charge is -2.16. The molecule has 1 saturated heterocycles. The van der Waals surface area contributed by atoms with Crippen LogP contribution >= 0.6 is 11.3 Å². The number of carbonyl (C=O) groups is 1. The zero-order chi connectivity index (χ0) is 12.8. The van der Waals surface area contributed by atoms with Crippen LogP contribution in [0.15, 0.2) is 6.20 Å². The van der Waals surface area contributed by atoms with Crippen molar-refractivity contribution in [3.8, 4) is 11.8 Å². The van der Waals surface area contributed by atoms with Gasteiger partial charge >= 0.3 is 0 Å². The Bertz CT molecular complexity index is 473. The van der Waals surface area contributed by atoms with Gasteiger partial charge in [0.2, 0.25) is 5.91 Å². The normalized spacial score (nSPS) is 16.1. The van der Waals surface area contributed by atoms with Crippen molar-refractivity contribution in [2.24, 2.45) is 0 Å². The molecule has 0 radical (unpaired) electrons. The number of aromatic nitrogens is 1. The highest BCUT2D eigenvalue weighted by Gasteiger charge is 2.20. The van der Waals surface area contributed by atoms with Crippen LogP contribution in [0.4, 0.5) is 5.13 Å². The Morgan fingerprint density at radius 2 is 2.33 bits per heavy atom. The summed E-state index contributed by atoms with van der Waals surface area (Å²) in [4.78, 5) is 18.8. The van der Waals surface area contributed by atoms with Crippen LogP contribution < -0.4 is 4.90 Å². The van der Waals surface area contributed by atoms with Crippen LogP contribution in [0.2, 0.25) is 0 Å². The van der Waals surface area contributed by atoms with E-state index < -0.39 is 0 Å². The highest BCUT2D eigenvalue weighted by Crippen LogP contribution is 2.25. The molecule has 1 aromatic rings. The van der Waals surface area contributed by atoms with Crippen molar-refractivity contribution in [1.82, 2.24) is 4.98 Å². The summed E-state index contributed by atoms with van der Waals surface area (Å²) in [5, 5.41) is 9.40. The smallest absolute Gasteiger partial charge is 0.228 e. The van der Waals surface area contributed by atoms with Gasteiger partial charge in [0, 0.05) is 19.4 Å². The number of hydrogen-bond acceptors (Lipinski definition) is 4. The predicted octanol–water partition coefficient (Wildman–Crippen LogP) is 1.78. The molecule has 1 amide bonds. The minimum absolute atomic E-state index is 0.0727. The second-order valence-electron chi connectivity index (χ2n) is 4.14. The third-order valence-corrected chi connectivity index (χ3v) is 3.68. The zero-order valence-corrected chi connectivity index (χ0v) is 11.0. The topological polar surface area (TPSA) is 53.4 Å². The van der Waals surface area contributed by atoms with Gasteiger partial charge in [-0.05, 0) is 12.8 Å². The van der Waals surface area contributed by atoms with Gasteiger partial charge in [0.25, 0.3) is 0 Å². The number of rotatable bonds is 2. The summed E-state index contributed by atoms with van der Waals surface area (Å²) in [6.07, 6.45) is 5.90. The van der Waals surface area contributed by atoms with Gasteiger partial charge in [-0.3, -0.25) is 9.69 Å². The van der Waals surface area contributed by atoms with E-state index in [-0.39, 0.29) is 12.5 Å². The van der Waals surface area contributed by atoms with E-state index in [0.717, 1.165) is 35.8 Å². The van der Waals surface area contributed by atoms with E-state index in [1.807, 2.05) is 0 Å². The minimum atomic E-state index is 0.0727. The van der Waals surface area contributed by atoms with Crippen molar-refractivity contribution in [3.05, 3.63) is 11.1 Å².